The number of carbonyl (C=O) groups is 1. The Kier molecular flexibility index (Phi) is 6.26. The lowest BCUT2D eigenvalue weighted by atomic mass is 9.76. The number of ether oxygens (including phenoxy) is 3. The predicted octanol–water partition coefficient (Wildman–Crippen LogP) is 2.99. The predicted molar refractivity (Wildman–Crippen MR) is 84.3 cm³/mol. The van der Waals surface area contributed by atoms with E-state index in [1.165, 1.54) is 0 Å². The van der Waals surface area contributed by atoms with Crippen molar-refractivity contribution in [3.63, 3.8) is 0 Å². The maximum absolute atomic E-state index is 11.8. The van der Waals surface area contributed by atoms with Crippen LogP contribution in [0.4, 0.5) is 0 Å². The molecule has 1 aliphatic heterocycles. The van der Waals surface area contributed by atoms with Crippen LogP contribution in [0.3, 0.4) is 0 Å². The monoisotopic (exact) mass is 319 g/mol. The van der Waals surface area contributed by atoms with Crippen LogP contribution in [-0.4, -0.2) is 38.9 Å². The number of nitrogens with zero attached hydrogens (tertiary/aromatic N) is 3. The van der Waals surface area contributed by atoms with Crippen molar-refractivity contribution in [2.75, 3.05) is 33.0 Å². The average Bonchev–Trinajstić information content (AvgIpc) is 2.52. The van der Waals surface area contributed by atoms with Gasteiger partial charge in [0.15, 0.2) is 0 Å². The van der Waals surface area contributed by atoms with Crippen LogP contribution in [0.25, 0.3) is 10.4 Å². The van der Waals surface area contributed by atoms with E-state index in [2.05, 4.69) is 10.0 Å². The Labute approximate surface area is 135 Å². The van der Waals surface area contributed by atoms with Gasteiger partial charge in [-0.15, -0.1) is 0 Å². The average molecular weight is 319 g/mol. The van der Waals surface area contributed by atoms with Gasteiger partial charge in [-0.05, 0) is 36.6 Å². The third-order valence-electron chi connectivity index (χ3n) is 3.75. The van der Waals surface area contributed by atoms with Crippen molar-refractivity contribution in [2.45, 2.75) is 25.2 Å². The highest BCUT2D eigenvalue weighted by atomic mass is 16.5. The first-order valence-electron chi connectivity index (χ1n) is 7.68. The van der Waals surface area contributed by atoms with Crippen molar-refractivity contribution < 1.29 is 19.0 Å². The third kappa shape index (κ3) is 4.61. The lowest BCUT2D eigenvalue weighted by Crippen LogP contribution is -2.48. The molecule has 1 aliphatic rings. The fourth-order valence-corrected chi connectivity index (χ4v) is 2.48. The van der Waals surface area contributed by atoms with Crippen LogP contribution in [0, 0.1) is 0 Å². The summed E-state index contributed by atoms with van der Waals surface area (Å²) >= 11 is 0. The Hall–Kier alpha value is -2.24. The number of esters is 1. The first kappa shape index (κ1) is 17.1. The molecule has 23 heavy (non-hydrogen) atoms. The van der Waals surface area contributed by atoms with E-state index in [0.717, 1.165) is 11.3 Å². The Bertz CT molecular complexity index is 563. The fourth-order valence-electron chi connectivity index (χ4n) is 2.48. The quantitative estimate of drug-likeness (QED) is 0.230. The molecule has 7 heteroatoms. The van der Waals surface area contributed by atoms with Crippen molar-refractivity contribution in [3.8, 4) is 5.75 Å². The Balaban J connectivity index is 1.92. The smallest absolute Gasteiger partial charge is 0.306 e. The molecule has 0 bridgehead atoms. The number of benzene rings is 1. The molecule has 124 valence electrons. The first-order valence-corrected chi connectivity index (χ1v) is 7.68. The minimum Gasteiger partial charge on any atom is -0.494 e. The van der Waals surface area contributed by atoms with E-state index < -0.39 is 0 Å². The van der Waals surface area contributed by atoms with E-state index in [0.29, 0.717) is 45.8 Å². The molecule has 0 unspecified atom stereocenters. The zero-order valence-electron chi connectivity index (χ0n) is 13.2. The minimum absolute atomic E-state index is 0.200. The molecule has 0 spiro atoms. The molecule has 2 rings (SSSR count). The number of hydrogen-bond acceptors (Lipinski definition) is 5. The summed E-state index contributed by atoms with van der Waals surface area (Å²) in [5, 5.41) is 3.45. The van der Waals surface area contributed by atoms with Crippen molar-refractivity contribution >= 4 is 5.97 Å². The SMILES string of the molecule is CCOC(=O)CC1(c2ccc(OCCCN=[N+]=[N-])cc2)COC1. The molecule has 0 N–H and O–H groups in total. The molecule has 1 aromatic rings. The highest BCUT2D eigenvalue weighted by Crippen LogP contribution is 2.36. The minimum atomic E-state index is -0.285. The van der Waals surface area contributed by atoms with Crippen LogP contribution >= 0.6 is 0 Å². The van der Waals surface area contributed by atoms with Crippen LogP contribution in [0.15, 0.2) is 29.4 Å². The van der Waals surface area contributed by atoms with E-state index in [-0.39, 0.29) is 11.4 Å². The van der Waals surface area contributed by atoms with Crippen LogP contribution in [0.1, 0.15) is 25.3 Å². The summed E-state index contributed by atoms with van der Waals surface area (Å²) in [4.78, 5) is 14.5. The van der Waals surface area contributed by atoms with Gasteiger partial charge >= 0.3 is 5.97 Å². The van der Waals surface area contributed by atoms with E-state index in [1.54, 1.807) is 6.92 Å². The molecule has 1 aromatic carbocycles. The Morgan fingerprint density at radius 3 is 2.70 bits per heavy atom. The Morgan fingerprint density at radius 1 is 1.39 bits per heavy atom. The summed E-state index contributed by atoms with van der Waals surface area (Å²) in [6, 6.07) is 7.69. The zero-order valence-corrected chi connectivity index (χ0v) is 13.2. The van der Waals surface area contributed by atoms with Gasteiger partial charge in [0.1, 0.15) is 5.75 Å². The van der Waals surface area contributed by atoms with Crippen molar-refractivity contribution in [2.24, 2.45) is 5.11 Å². The van der Waals surface area contributed by atoms with Gasteiger partial charge in [0.05, 0.1) is 38.3 Å². The van der Waals surface area contributed by atoms with Crippen LogP contribution in [-0.2, 0) is 19.7 Å². The lowest BCUT2D eigenvalue weighted by Gasteiger charge is -2.41. The molecule has 7 nitrogen and oxygen atoms in total. The molecular weight excluding hydrogens is 298 g/mol. The Morgan fingerprint density at radius 2 is 2.13 bits per heavy atom. The second-order valence-electron chi connectivity index (χ2n) is 5.44. The number of rotatable bonds is 9. The number of hydrogen-bond donors (Lipinski definition) is 0. The number of azide groups is 1. The van der Waals surface area contributed by atoms with Gasteiger partial charge in [0, 0.05) is 11.5 Å². The molecule has 0 aromatic heterocycles. The highest BCUT2D eigenvalue weighted by Gasteiger charge is 2.42. The van der Waals surface area contributed by atoms with Gasteiger partial charge < -0.3 is 14.2 Å². The maximum Gasteiger partial charge on any atom is 0.306 e. The van der Waals surface area contributed by atoms with Gasteiger partial charge in [0.2, 0.25) is 0 Å². The van der Waals surface area contributed by atoms with E-state index in [1.807, 2.05) is 24.3 Å². The second-order valence-corrected chi connectivity index (χ2v) is 5.44. The summed E-state index contributed by atoms with van der Waals surface area (Å²) in [5.74, 6) is 0.551. The summed E-state index contributed by atoms with van der Waals surface area (Å²) < 4.78 is 16.0. The fraction of sp³-hybridized carbons (Fsp3) is 0.562. The molecule has 0 aliphatic carbocycles. The molecule has 0 amide bonds. The van der Waals surface area contributed by atoms with Crippen molar-refractivity contribution in [1.29, 1.82) is 0 Å². The summed E-state index contributed by atoms with van der Waals surface area (Å²) in [6.45, 7) is 4.16. The van der Waals surface area contributed by atoms with Crippen molar-refractivity contribution in [1.82, 2.24) is 0 Å². The molecule has 0 saturated carbocycles. The van der Waals surface area contributed by atoms with E-state index >= 15 is 0 Å². The van der Waals surface area contributed by atoms with Gasteiger partial charge in [-0.1, -0.05) is 17.2 Å². The van der Waals surface area contributed by atoms with Gasteiger partial charge in [-0.2, -0.15) is 0 Å². The van der Waals surface area contributed by atoms with Gasteiger partial charge in [-0.3, -0.25) is 4.79 Å². The topological polar surface area (TPSA) is 93.5 Å². The zero-order chi connectivity index (χ0) is 16.5. The van der Waals surface area contributed by atoms with E-state index in [9.17, 15) is 4.79 Å². The largest absolute Gasteiger partial charge is 0.494 e. The molecule has 0 radical (unpaired) electrons. The molecule has 1 saturated heterocycles. The van der Waals surface area contributed by atoms with E-state index in [4.69, 9.17) is 19.7 Å². The first-order chi connectivity index (χ1) is 11.2. The van der Waals surface area contributed by atoms with Crippen molar-refractivity contribution in [3.05, 3.63) is 40.3 Å². The van der Waals surface area contributed by atoms with Gasteiger partial charge in [-0.25, -0.2) is 0 Å². The summed E-state index contributed by atoms with van der Waals surface area (Å²) in [7, 11) is 0. The molecule has 1 fully saturated rings. The summed E-state index contributed by atoms with van der Waals surface area (Å²) in [6.07, 6.45) is 1.000. The van der Waals surface area contributed by atoms with Crippen LogP contribution in [0.5, 0.6) is 5.75 Å². The van der Waals surface area contributed by atoms with Crippen LogP contribution < -0.4 is 4.74 Å². The van der Waals surface area contributed by atoms with Crippen LogP contribution in [0.2, 0.25) is 0 Å². The normalized spacial score (nSPS) is 15.2. The molecular formula is C16H21N3O4. The highest BCUT2D eigenvalue weighted by molar-refractivity contribution is 5.72. The lowest BCUT2D eigenvalue weighted by molar-refractivity contribution is -0.151. The maximum atomic E-state index is 11.8. The number of carbonyl (C=O) groups excluding carboxylic acids is 1. The summed E-state index contributed by atoms with van der Waals surface area (Å²) in [5.41, 5.74) is 8.96. The third-order valence-corrected chi connectivity index (χ3v) is 3.75. The second kappa shape index (κ2) is 8.41. The molecule has 1 heterocycles. The van der Waals surface area contributed by atoms with Gasteiger partial charge in [0.25, 0.3) is 0 Å². The molecule has 0 atom stereocenters. The standard InChI is InChI=1S/C16H21N3O4/c1-2-22-15(20)10-16(11-21-12-16)13-4-6-14(7-5-13)23-9-3-8-18-19-17/h4-7H,2-3,8-12H2,1H3.